The normalized spacial score (nSPS) is 12.2. The monoisotopic (exact) mass is 294 g/mol. The van der Waals surface area contributed by atoms with Gasteiger partial charge >= 0.3 is 0 Å². The van der Waals surface area contributed by atoms with Gasteiger partial charge in [0.25, 0.3) is 0 Å². The second-order valence-corrected chi connectivity index (χ2v) is 5.34. The highest BCUT2D eigenvalue weighted by Crippen LogP contribution is 2.01. The van der Waals surface area contributed by atoms with E-state index < -0.39 is 6.10 Å². The van der Waals surface area contributed by atoms with Crippen LogP contribution in [0.25, 0.3) is 0 Å². The summed E-state index contributed by atoms with van der Waals surface area (Å²) < 4.78 is 5.49. The largest absolute Gasteiger partial charge is 0.369 e. The Morgan fingerprint density at radius 2 is 1.95 bits per heavy atom. The van der Waals surface area contributed by atoms with Gasteiger partial charge in [0.05, 0.1) is 0 Å². The molecule has 1 aromatic rings. The van der Waals surface area contributed by atoms with E-state index in [2.05, 4.69) is 34.4 Å². The van der Waals surface area contributed by atoms with Crippen molar-refractivity contribution in [1.29, 1.82) is 0 Å². The average molecular weight is 294 g/mol. The second kappa shape index (κ2) is 10.1. The van der Waals surface area contributed by atoms with Crippen molar-refractivity contribution in [3.05, 3.63) is 18.5 Å². The predicted molar refractivity (Wildman–Crippen MR) is 83.0 cm³/mol. The predicted octanol–water partition coefficient (Wildman–Crippen LogP) is 1.85. The molecule has 118 valence electrons. The van der Waals surface area contributed by atoms with Crippen LogP contribution >= 0.6 is 0 Å². The van der Waals surface area contributed by atoms with E-state index in [0.717, 1.165) is 12.8 Å². The van der Waals surface area contributed by atoms with Crippen molar-refractivity contribution in [2.24, 2.45) is 5.92 Å². The molecular formula is C15H26N4O2. The fraction of sp³-hybridized carbons (Fsp3) is 0.667. The standard InChI is InChI=1S/C15H26N4O2/c1-12(2)6-11-21-13(3)14(20)16-7-4-8-17-15-18-9-5-10-19-15/h5,9-10,12-13H,4,6-8,11H2,1-3H3,(H,16,20)(H,17,18,19). The summed E-state index contributed by atoms with van der Waals surface area (Å²) in [5, 5.41) is 5.95. The Morgan fingerprint density at radius 1 is 1.24 bits per heavy atom. The summed E-state index contributed by atoms with van der Waals surface area (Å²) in [5.74, 6) is 1.13. The first-order chi connectivity index (χ1) is 10.1. The number of carbonyl (C=O) groups excluding carboxylic acids is 1. The van der Waals surface area contributed by atoms with Gasteiger partial charge in [-0.25, -0.2) is 9.97 Å². The Morgan fingerprint density at radius 3 is 2.62 bits per heavy atom. The molecule has 0 aliphatic heterocycles. The summed E-state index contributed by atoms with van der Waals surface area (Å²) >= 11 is 0. The Labute approximate surface area is 126 Å². The van der Waals surface area contributed by atoms with Gasteiger partial charge in [-0.1, -0.05) is 13.8 Å². The number of anilines is 1. The molecule has 0 aliphatic carbocycles. The summed E-state index contributed by atoms with van der Waals surface area (Å²) in [5.41, 5.74) is 0. The molecule has 0 fully saturated rings. The molecule has 0 aliphatic rings. The van der Waals surface area contributed by atoms with E-state index in [1.165, 1.54) is 0 Å². The molecule has 1 aromatic heterocycles. The third kappa shape index (κ3) is 8.24. The van der Waals surface area contributed by atoms with Crippen molar-refractivity contribution in [2.75, 3.05) is 25.0 Å². The fourth-order valence-electron chi connectivity index (χ4n) is 1.59. The molecule has 6 heteroatoms. The van der Waals surface area contributed by atoms with Crippen LogP contribution in [-0.4, -0.2) is 41.7 Å². The van der Waals surface area contributed by atoms with E-state index in [1.54, 1.807) is 25.4 Å². The zero-order valence-electron chi connectivity index (χ0n) is 13.1. The number of hydrogen-bond acceptors (Lipinski definition) is 5. The van der Waals surface area contributed by atoms with Crippen LogP contribution in [0.2, 0.25) is 0 Å². The Kier molecular flexibility index (Phi) is 8.35. The van der Waals surface area contributed by atoms with Gasteiger partial charge in [0.2, 0.25) is 11.9 Å². The SMILES string of the molecule is CC(C)CCOC(C)C(=O)NCCCNc1ncccn1. The first kappa shape index (κ1) is 17.4. The number of aromatic nitrogens is 2. The molecule has 0 aromatic carbocycles. The first-order valence-corrected chi connectivity index (χ1v) is 7.49. The smallest absolute Gasteiger partial charge is 0.248 e. The van der Waals surface area contributed by atoms with Gasteiger partial charge in [0.1, 0.15) is 6.10 Å². The topological polar surface area (TPSA) is 76.1 Å². The van der Waals surface area contributed by atoms with Crippen molar-refractivity contribution in [2.45, 2.75) is 39.7 Å². The van der Waals surface area contributed by atoms with Crippen molar-refractivity contribution < 1.29 is 9.53 Å². The molecule has 0 bridgehead atoms. The quantitative estimate of drug-likeness (QED) is 0.644. The zero-order valence-corrected chi connectivity index (χ0v) is 13.1. The number of hydrogen-bond donors (Lipinski definition) is 2. The van der Waals surface area contributed by atoms with Crippen molar-refractivity contribution in [3.63, 3.8) is 0 Å². The van der Waals surface area contributed by atoms with Gasteiger partial charge in [0.15, 0.2) is 0 Å². The van der Waals surface area contributed by atoms with Gasteiger partial charge < -0.3 is 15.4 Å². The lowest BCUT2D eigenvalue weighted by atomic mass is 10.1. The number of ether oxygens (including phenoxy) is 1. The third-order valence-electron chi connectivity index (χ3n) is 2.93. The highest BCUT2D eigenvalue weighted by molar-refractivity contribution is 5.80. The van der Waals surface area contributed by atoms with Crippen LogP contribution in [0.5, 0.6) is 0 Å². The molecule has 21 heavy (non-hydrogen) atoms. The summed E-state index contributed by atoms with van der Waals surface area (Å²) in [7, 11) is 0. The Hall–Kier alpha value is -1.69. The fourth-order valence-corrected chi connectivity index (χ4v) is 1.59. The molecule has 1 heterocycles. The number of nitrogens with one attached hydrogen (secondary N) is 2. The molecule has 1 atom stereocenters. The van der Waals surface area contributed by atoms with Gasteiger partial charge in [-0.3, -0.25) is 4.79 Å². The number of rotatable bonds is 10. The molecule has 1 amide bonds. The van der Waals surface area contributed by atoms with E-state index in [1.807, 2.05) is 0 Å². The van der Waals surface area contributed by atoms with Crippen molar-refractivity contribution in [3.8, 4) is 0 Å². The highest BCUT2D eigenvalue weighted by Gasteiger charge is 2.12. The number of amides is 1. The second-order valence-electron chi connectivity index (χ2n) is 5.34. The summed E-state index contributed by atoms with van der Waals surface area (Å²) in [4.78, 5) is 19.9. The maximum Gasteiger partial charge on any atom is 0.248 e. The average Bonchev–Trinajstić information content (AvgIpc) is 2.47. The molecule has 1 rings (SSSR count). The third-order valence-corrected chi connectivity index (χ3v) is 2.93. The molecule has 0 saturated heterocycles. The molecular weight excluding hydrogens is 268 g/mol. The lowest BCUT2D eigenvalue weighted by molar-refractivity contribution is -0.131. The minimum atomic E-state index is -0.394. The minimum Gasteiger partial charge on any atom is -0.369 e. The Bertz CT molecular complexity index is 398. The molecule has 6 nitrogen and oxygen atoms in total. The van der Waals surface area contributed by atoms with E-state index in [-0.39, 0.29) is 5.91 Å². The molecule has 0 saturated carbocycles. The Balaban J connectivity index is 2.04. The van der Waals surface area contributed by atoms with Crippen LogP contribution in [-0.2, 0) is 9.53 Å². The van der Waals surface area contributed by atoms with Crippen LogP contribution in [0.15, 0.2) is 18.5 Å². The van der Waals surface area contributed by atoms with Crippen LogP contribution < -0.4 is 10.6 Å². The van der Waals surface area contributed by atoms with E-state index in [4.69, 9.17) is 4.74 Å². The van der Waals surface area contributed by atoms with Crippen LogP contribution in [0.1, 0.15) is 33.6 Å². The lowest BCUT2D eigenvalue weighted by Crippen LogP contribution is -2.35. The molecule has 0 radical (unpaired) electrons. The van der Waals surface area contributed by atoms with Gasteiger partial charge in [-0.15, -0.1) is 0 Å². The first-order valence-electron chi connectivity index (χ1n) is 7.49. The van der Waals surface area contributed by atoms with Crippen LogP contribution in [0, 0.1) is 5.92 Å². The summed E-state index contributed by atoms with van der Waals surface area (Å²) in [6.07, 6.45) is 4.76. The number of nitrogens with zero attached hydrogens (tertiary/aromatic N) is 2. The van der Waals surface area contributed by atoms with E-state index >= 15 is 0 Å². The van der Waals surface area contributed by atoms with Crippen LogP contribution in [0.4, 0.5) is 5.95 Å². The van der Waals surface area contributed by atoms with E-state index in [0.29, 0.717) is 31.6 Å². The van der Waals surface area contributed by atoms with Crippen molar-refractivity contribution >= 4 is 11.9 Å². The van der Waals surface area contributed by atoms with Crippen molar-refractivity contribution in [1.82, 2.24) is 15.3 Å². The molecule has 1 unspecified atom stereocenters. The van der Waals surface area contributed by atoms with Gasteiger partial charge in [-0.2, -0.15) is 0 Å². The maximum atomic E-state index is 11.8. The molecule has 0 spiro atoms. The summed E-state index contributed by atoms with van der Waals surface area (Å²) in [6, 6.07) is 1.77. The minimum absolute atomic E-state index is 0.0604. The van der Waals surface area contributed by atoms with Gasteiger partial charge in [-0.05, 0) is 31.7 Å². The lowest BCUT2D eigenvalue weighted by Gasteiger charge is -2.14. The maximum absolute atomic E-state index is 11.8. The zero-order chi connectivity index (χ0) is 15.5. The highest BCUT2D eigenvalue weighted by atomic mass is 16.5. The molecule has 2 N–H and O–H groups in total. The van der Waals surface area contributed by atoms with Gasteiger partial charge in [0, 0.05) is 32.1 Å². The van der Waals surface area contributed by atoms with E-state index in [9.17, 15) is 4.79 Å². The summed E-state index contributed by atoms with van der Waals surface area (Å²) in [6.45, 7) is 8.00. The van der Waals surface area contributed by atoms with Crippen LogP contribution in [0.3, 0.4) is 0 Å². The number of carbonyl (C=O) groups is 1.